The molecule has 1 aliphatic heterocycles. The Morgan fingerprint density at radius 2 is 2.10 bits per heavy atom. The second-order valence-electron chi connectivity index (χ2n) is 5.51. The summed E-state index contributed by atoms with van der Waals surface area (Å²) in [5.41, 5.74) is 1.99. The van der Waals surface area contributed by atoms with Crippen molar-refractivity contribution >= 4 is 11.8 Å². The van der Waals surface area contributed by atoms with E-state index in [2.05, 4.69) is 0 Å². The van der Waals surface area contributed by atoms with Crippen LogP contribution in [0.1, 0.15) is 29.3 Å². The fourth-order valence-electron chi connectivity index (χ4n) is 2.83. The van der Waals surface area contributed by atoms with E-state index in [1.54, 1.807) is 12.1 Å². The number of carbonyl (C=O) groups excluding carboxylic acids is 1. The summed E-state index contributed by atoms with van der Waals surface area (Å²) in [7, 11) is 0. The molecule has 1 aromatic rings. The zero-order chi connectivity index (χ0) is 15.0. The number of ketones is 1. The van der Waals surface area contributed by atoms with Crippen LogP contribution < -0.4 is 0 Å². The number of rotatable bonds is 2. The predicted octanol–water partition coefficient (Wildman–Crippen LogP) is 2.95. The molecule has 1 N–H and O–H groups in total. The summed E-state index contributed by atoms with van der Waals surface area (Å²) in [6.45, 7) is 2.31. The summed E-state index contributed by atoms with van der Waals surface area (Å²) in [4.78, 5) is 23.6. The Hall–Kier alpha value is -2.36. The number of benzene rings is 1. The fraction of sp³-hybridized carbons (Fsp3) is 0.294. The number of fused-ring (bicyclic) bond motifs is 2. The van der Waals surface area contributed by atoms with Gasteiger partial charge in [-0.2, -0.15) is 0 Å². The first kappa shape index (κ1) is 13.6. The Kier molecular flexibility index (Phi) is 3.37. The summed E-state index contributed by atoms with van der Waals surface area (Å²) >= 11 is 0. The van der Waals surface area contributed by atoms with Crippen LogP contribution in [-0.2, 0) is 16.1 Å². The van der Waals surface area contributed by atoms with E-state index in [4.69, 9.17) is 9.84 Å². The topological polar surface area (TPSA) is 63.6 Å². The SMILES string of the molecule is CC1C=C2OCc3ccccc3C(=O)C2=CC1CC(=O)O. The van der Waals surface area contributed by atoms with E-state index in [1.165, 1.54) is 0 Å². The molecule has 1 heterocycles. The van der Waals surface area contributed by atoms with Crippen molar-refractivity contribution in [3.8, 4) is 0 Å². The summed E-state index contributed by atoms with van der Waals surface area (Å²) in [6, 6.07) is 7.37. The van der Waals surface area contributed by atoms with Gasteiger partial charge >= 0.3 is 5.97 Å². The number of aliphatic carboxylic acids is 1. The lowest BCUT2D eigenvalue weighted by Crippen LogP contribution is -2.20. The lowest BCUT2D eigenvalue weighted by atomic mass is 9.82. The average Bonchev–Trinajstić information content (AvgIpc) is 2.58. The van der Waals surface area contributed by atoms with Gasteiger partial charge < -0.3 is 9.84 Å². The fourth-order valence-corrected chi connectivity index (χ4v) is 2.83. The second-order valence-corrected chi connectivity index (χ2v) is 5.51. The van der Waals surface area contributed by atoms with Crippen molar-refractivity contribution < 1.29 is 19.4 Å². The lowest BCUT2D eigenvalue weighted by molar-refractivity contribution is -0.138. The van der Waals surface area contributed by atoms with E-state index in [9.17, 15) is 9.59 Å². The van der Waals surface area contributed by atoms with E-state index < -0.39 is 5.97 Å². The van der Waals surface area contributed by atoms with Gasteiger partial charge in [0, 0.05) is 11.1 Å². The first-order valence-electron chi connectivity index (χ1n) is 6.97. The van der Waals surface area contributed by atoms with Crippen molar-refractivity contribution in [1.82, 2.24) is 0 Å². The van der Waals surface area contributed by atoms with Crippen LogP contribution in [0.5, 0.6) is 0 Å². The lowest BCUT2D eigenvalue weighted by Gasteiger charge is -2.24. The van der Waals surface area contributed by atoms with Gasteiger partial charge in [0.2, 0.25) is 0 Å². The van der Waals surface area contributed by atoms with Crippen LogP contribution in [0, 0.1) is 11.8 Å². The molecule has 0 spiro atoms. The van der Waals surface area contributed by atoms with Crippen LogP contribution in [0.2, 0.25) is 0 Å². The van der Waals surface area contributed by atoms with Crippen molar-refractivity contribution in [2.24, 2.45) is 11.8 Å². The van der Waals surface area contributed by atoms with Crippen molar-refractivity contribution in [2.45, 2.75) is 20.0 Å². The van der Waals surface area contributed by atoms with Gasteiger partial charge in [-0.3, -0.25) is 9.59 Å². The maximum atomic E-state index is 12.7. The number of Topliss-reactive ketones (excluding diaryl/α,β-unsaturated/α-hetero) is 1. The molecule has 2 atom stereocenters. The van der Waals surface area contributed by atoms with E-state index >= 15 is 0 Å². The molecule has 0 saturated heterocycles. The first-order valence-corrected chi connectivity index (χ1v) is 6.97. The number of ether oxygens (including phenoxy) is 1. The van der Waals surface area contributed by atoms with Crippen LogP contribution in [0.3, 0.4) is 0 Å². The summed E-state index contributed by atoms with van der Waals surface area (Å²) < 4.78 is 5.75. The monoisotopic (exact) mass is 284 g/mol. The Labute approximate surface area is 122 Å². The summed E-state index contributed by atoms with van der Waals surface area (Å²) in [5, 5.41) is 8.99. The van der Waals surface area contributed by atoms with Crippen LogP contribution >= 0.6 is 0 Å². The molecular weight excluding hydrogens is 268 g/mol. The second kappa shape index (κ2) is 5.20. The minimum absolute atomic E-state index is 0.0172. The molecule has 21 heavy (non-hydrogen) atoms. The third-order valence-corrected chi connectivity index (χ3v) is 4.04. The van der Waals surface area contributed by atoms with Crippen LogP contribution in [0.15, 0.2) is 47.7 Å². The standard InChI is InChI=1S/C17H16O4/c1-10-6-15-14(7-12(10)8-16(18)19)17(20)13-5-3-2-4-11(13)9-21-15/h2-7,10,12H,8-9H2,1H3,(H,18,19). The first-order chi connectivity index (χ1) is 10.1. The average molecular weight is 284 g/mol. The maximum Gasteiger partial charge on any atom is 0.303 e. The molecule has 0 fully saturated rings. The molecule has 4 heteroatoms. The van der Waals surface area contributed by atoms with Crippen molar-refractivity contribution in [3.63, 3.8) is 0 Å². The number of carboxylic acids is 1. The minimum Gasteiger partial charge on any atom is -0.488 e. The molecule has 0 radical (unpaired) electrons. The van der Waals surface area contributed by atoms with Crippen molar-refractivity contribution in [3.05, 3.63) is 58.9 Å². The van der Waals surface area contributed by atoms with Gasteiger partial charge in [0.05, 0.1) is 12.0 Å². The van der Waals surface area contributed by atoms with Gasteiger partial charge in [-0.15, -0.1) is 0 Å². The maximum absolute atomic E-state index is 12.7. The van der Waals surface area contributed by atoms with E-state index in [0.29, 0.717) is 23.5 Å². The van der Waals surface area contributed by atoms with Crippen LogP contribution in [-0.4, -0.2) is 16.9 Å². The quantitative estimate of drug-likeness (QED) is 0.907. The zero-order valence-electron chi connectivity index (χ0n) is 11.7. The normalized spacial score (nSPS) is 24.0. The van der Waals surface area contributed by atoms with Gasteiger partial charge in [-0.05, 0) is 17.9 Å². The van der Waals surface area contributed by atoms with Gasteiger partial charge in [-0.1, -0.05) is 37.3 Å². The number of hydrogen-bond acceptors (Lipinski definition) is 3. The Morgan fingerprint density at radius 1 is 1.33 bits per heavy atom. The third-order valence-electron chi connectivity index (χ3n) is 4.04. The van der Waals surface area contributed by atoms with Crippen LogP contribution in [0.25, 0.3) is 0 Å². The number of carbonyl (C=O) groups is 2. The highest BCUT2D eigenvalue weighted by Crippen LogP contribution is 2.35. The largest absolute Gasteiger partial charge is 0.488 e. The van der Waals surface area contributed by atoms with Gasteiger partial charge in [-0.25, -0.2) is 0 Å². The highest BCUT2D eigenvalue weighted by atomic mass is 16.5. The van der Waals surface area contributed by atoms with E-state index in [-0.39, 0.29) is 24.0 Å². The number of allylic oxidation sites excluding steroid dienone is 3. The molecule has 1 aliphatic carbocycles. The molecule has 1 aromatic carbocycles. The molecular formula is C17H16O4. The number of hydrogen-bond donors (Lipinski definition) is 1. The Morgan fingerprint density at radius 3 is 2.86 bits per heavy atom. The molecule has 2 aliphatic rings. The predicted molar refractivity (Wildman–Crippen MR) is 76.6 cm³/mol. The van der Waals surface area contributed by atoms with Crippen molar-refractivity contribution in [2.75, 3.05) is 0 Å². The summed E-state index contributed by atoms with van der Waals surface area (Å²) in [6.07, 6.45) is 3.65. The third kappa shape index (κ3) is 2.49. The Bertz CT molecular complexity index is 669. The van der Waals surface area contributed by atoms with Gasteiger partial charge in [0.25, 0.3) is 0 Å². The Balaban J connectivity index is 2.02. The van der Waals surface area contributed by atoms with E-state index in [1.807, 2.05) is 31.2 Å². The smallest absolute Gasteiger partial charge is 0.303 e. The zero-order valence-corrected chi connectivity index (χ0v) is 11.7. The molecule has 0 aromatic heterocycles. The molecule has 4 nitrogen and oxygen atoms in total. The summed E-state index contributed by atoms with van der Waals surface area (Å²) in [5.74, 6) is -0.516. The highest BCUT2D eigenvalue weighted by molar-refractivity contribution is 6.12. The van der Waals surface area contributed by atoms with Gasteiger partial charge in [0.15, 0.2) is 5.78 Å². The minimum atomic E-state index is -0.858. The molecule has 3 rings (SSSR count). The molecule has 108 valence electrons. The molecule has 0 bridgehead atoms. The number of carboxylic acid groups (broad SMARTS) is 1. The highest BCUT2D eigenvalue weighted by Gasteiger charge is 2.31. The van der Waals surface area contributed by atoms with E-state index in [0.717, 1.165) is 5.56 Å². The molecule has 0 saturated carbocycles. The molecule has 0 amide bonds. The van der Waals surface area contributed by atoms with Crippen molar-refractivity contribution in [1.29, 1.82) is 0 Å². The van der Waals surface area contributed by atoms with Crippen LogP contribution in [0.4, 0.5) is 0 Å². The van der Waals surface area contributed by atoms with Gasteiger partial charge in [0.1, 0.15) is 12.4 Å². The molecule has 2 unspecified atom stereocenters.